The van der Waals surface area contributed by atoms with Crippen molar-refractivity contribution >= 4 is 27.5 Å². The molecule has 3 aromatic rings. The highest BCUT2D eigenvalue weighted by Gasteiger charge is 2.22. The number of ether oxygens (including phenoxy) is 1. The van der Waals surface area contributed by atoms with Gasteiger partial charge in [0.25, 0.3) is 5.88 Å². The molecule has 1 N–H and O–H groups in total. The van der Waals surface area contributed by atoms with Gasteiger partial charge in [-0.3, -0.25) is 4.40 Å². The van der Waals surface area contributed by atoms with Gasteiger partial charge in [-0.2, -0.15) is 0 Å². The van der Waals surface area contributed by atoms with E-state index in [0.29, 0.717) is 15.9 Å². The van der Waals surface area contributed by atoms with Gasteiger partial charge in [-0.1, -0.05) is 30.3 Å². The first-order valence-electron chi connectivity index (χ1n) is 6.03. The van der Waals surface area contributed by atoms with E-state index in [0.717, 1.165) is 5.56 Å². The van der Waals surface area contributed by atoms with Gasteiger partial charge in [0.2, 0.25) is 5.65 Å². The molecule has 0 saturated heterocycles. The zero-order valence-electron chi connectivity index (χ0n) is 10.9. The standard InChI is InChI=1S/C14H10BrN3O3/c1-21-13-12-17-10(8-5-3-2-4-6-8)11(14(19)20)18(12)7-9(15)16-13/h2-7H,1H3,(H,19,20). The SMILES string of the molecule is COc1nc(Br)cn2c(C(=O)O)c(-c3ccccc3)nc12. The second-order valence-corrected chi connectivity index (χ2v) is 5.06. The number of nitrogens with zero attached hydrogens (tertiary/aromatic N) is 3. The Hall–Kier alpha value is -2.41. The monoisotopic (exact) mass is 347 g/mol. The van der Waals surface area contributed by atoms with Crippen molar-refractivity contribution in [2.45, 2.75) is 0 Å². The molecule has 3 rings (SSSR count). The first kappa shape index (κ1) is 13.6. The summed E-state index contributed by atoms with van der Waals surface area (Å²) in [7, 11) is 1.46. The minimum atomic E-state index is -1.07. The lowest BCUT2D eigenvalue weighted by Crippen LogP contribution is -2.04. The predicted molar refractivity (Wildman–Crippen MR) is 79.6 cm³/mol. The summed E-state index contributed by atoms with van der Waals surface area (Å²) in [6.45, 7) is 0. The summed E-state index contributed by atoms with van der Waals surface area (Å²) >= 11 is 3.24. The Bertz CT molecular complexity index is 830. The molecule has 0 aliphatic heterocycles. The quantitative estimate of drug-likeness (QED) is 0.788. The number of imidazole rings is 1. The number of hydrogen-bond donors (Lipinski definition) is 1. The fourth-order valence-electron chi connectivity index (χ4n) is 2.13. The zero-order chi connectivity index (χ0) is 15.0. The molecule has 7 heteroatoms. The van der Waals surface area contributed by atoms with E-state index < -0.39 is 5.97 Å². The maximum Gasteiger partial charge on any atom is 0.355 e. The van der Waals surface area contributed by atoms with Crippen LogP contribution in [0, 0.1) is 0 Å². The fraction of sp³-hybridized carbons (Fsp3) is 0.0714. The second-order valence-electron chi connectivity index (χ2n) is 4.25. The van der Waals surface area contributed by atoms with Crippen molar-refractivity contribution in [1.29, 1.82) is 0 Å². The zero-order valence-corrected chi connectivity index (χ0v) is 12.5. The summed E-state index contributed by atoms with van der Waals surface area (Å²) < 4.78 is 7.10. The fourth-order valence-corrected chi connectivity index (χ4v) is 2.50. The van der Waals surface area contributed by atoms with Gasteiger partial charge in [-0.15, -0.1) is 0 Å². The Morgan fingerprint density at radius 1 is 1.29 bits per heavy atom. The van der Waals surface area contributed by atoms with Crippen LogP contribution in [0.1, 0.15) is 10.5 Å². The smallest absolute Gasteiger partial charge is 0.355 e. The van der Waals surface area contributed by atoms with Gasteiger partial charge in [0, 0.05) is 11.8 Å². The van der Waals surface area contributed by atoms with E-state index >= 15 is 0 Å². The van der Waals surface area contributed by atoms with Gasteiger partial charge in [0.05, 0.1) is 7.11 Å². The molecular weight excluding hydrogens is 338 g/mol. The molecule has 0 atom stereocenters. The number of methoxy groups -OCH3 is 1. The van der Waals surface area contributed by atoms with Crippen LogP contribution < -0.4 is 4.74 Å². The number of carboxylic acids is 1. The summed E-state index contributed by atoms with van der Waals surface area (Å²) in [4.78, 5) is 20.2. The lowest BCUT2D eigenvalue weighted by Gasteiger charge is -2.03. The average molecular weight is 348 g/mol. The van der Waals surface area contributed by atoms with Crippen molar-refractivity contribution in [3.05, 3.63) is 46.8 Å². The molecule has 0 spiro atoms. The van der Waals surface area contributed by atoms with Crippen LogP contribution in [0.5, 0.6) is 5.88 Å². The molecule has 0 unspecified atom stereocenters. The van der Waals surface area contributed by atoms with Gasteiger partial charge in [0.1, 0.15) is 10.3 Å². The molecule has 21 heavy (non-hydrogen) atoms. The maximum absolute atomic E-state index is 11.6. The van der Waals surface area contributed by atoms with Crippen molar-refractivity contribution in [3.8, 4) is 17.1 Å². The van der Waals surface area contributed by atoms with Crippen LogP contribution in [0.3, 0.4) is 0 Å². The van der Waals surface area contributed by atoms with Crippen LogP contribution in [-0.4, -0.2) is 32.6 Å². The lowest BCUT2D eigenvalue weighted by atomic mass is 10.1. The molecular formula is C14H10BrN3O3. The third-order valence-electron chi connectivity index (χ3n) is 2.99. The summed E-state index contributed by atoms with van der Waals surface area (Å²) in [6, 6.07) is 9.14. The highest BCUT2D eigenvalue weighted by atomic mass is 79.9. The van der Waals surface area contributed by atoms with Crippen LogP contribution in [0.4, 0.5) is 0 Å². The molecule has 0 fully saturated rings. The Kier molecular flexibility index (Phi) is 3.34. The first-order valence-corrected chi connectivity index (χ1v) is 6.82. The lowest BCUT2D eigenvalue weighted by molar-refractivity contribution is 0.0690. The molecule has 2 aromatic heterocycles. The van der Waals surface area contributed by atoms with Crippen LogP contribution in [0.25, 0.3) is 16.9 Å². The highest BCUT2D eigenvalue weighted by Crippen LogP contribution is 2.29. The minimum absolute atomic E-state index is 0.0672. The third kappa shape index (κ3) is 2.25. The number of aromatic nitrogens is 3. The molecule has 1 aromatic carbocycles. The maximum atomic E-state index is 11.6. The predicted octanol–water partition coefficient (Wildman–Crippen LogP) is 2.87. The molecule has 106 valence electrons. The van der Waals surface area contributed by atoms with Gasteiger partial charge in [0.15, 0.2) is 5.69 Å². The summed E-state index contributed by atoms with van der Waals surface area (Å²) in [5.74, 6) is -0.810. The molecule has 0 saturated carbocycles. The van der Waals surface area contributed by atoms with E-state index in [2.05, 4.69) is 25.9 Å². The number of carbonyl (C=O) groups is 1. The van der Waals surface area contributed by atoms with Crippen molar-refractivity contribution in [2.75, 3.05) is 7.11 Å². The van der Waals surface area contributed by atoms with E-state index in [1.165, 1.54) is 11.5 Å². The van der Waals surface area contributed by atoms with E-state index in [1.807, 2.05) is 30.3 Å². The third-order valence-corrected chi connectivity index (χ3v) is 3.37. The molecule has 6 nitrogen and oxygen atoms in total. The van der Waals surface area contributed by atoms with Gasteiger partial charge >= 0.3 is 5.97 Å². The van der Waals surface area contributed by atoms with E-state index in [9.17, 15) is 9.90 Å². The Labute approximate surface area is 128 Å². The molecule has 2 heterocycles. The number of hydrogen-bond acceptors (Lipinski definition) is 4. The van der Waals surface area contributed by atoms with E-state index in [4.69, 9.17) is 4.74 Å². The number of halogens is 1. The molecule has 0 amide bonds. The molecule has 0 aliphatic rings. The van der Waals surface area contributed by atoms with Gasteiger partial charge < -0.3 is 9.84 Å². The van der Waals surface area contributed by atoms with Crippen LogP contribution in [0.2, 0.25) is 0 Å². The molecule has 0 aliphatic carbocycles. The molecule has 0 bridgehead atoms. The second kappa shape index (κ2) is 5.17. The number of carboxylic acid groups (broad SMARTS) is 1. The van der Waals surface area contributed by atoms with Crippen LogP contribution >= 0.6 is 15.9 Å². The Morgan fingerprint density at radius 2 is 2.00 bits per heavy atom. The van der Waals surface area contributed by atoms with E-state index in [-0.39, 0.29) is 11.6 Å². The Balaban J connectivity index is 2.40. The van der Waals surface area contributed by atoms with Gasteiger partial charge in [-0.05, 0) is 15.9 Å². The van der Waals surface area contributed by atoms with Crippen molar-refractivity contribution in [1.82, 2.24) is 14.4 Å². The molecule has 0 radical (unpaired) electrons. The first-order chi connectivity index (χ1) is 10.1. The van der Waals surface area contributed by atoms with Crippen molar-refractivity contribution < 1.29 is 14.6 Å². The summed E-state index contributed by atoms with van der Waals surface area (Å²) in [5, 5.41) is 9.53. The van der Waals surface area contributed by atoms with Crippen LogP contribution in [0.15, 0.2) is 41.1 Å². The van der Waals surface area contributed by atoms with Gasteiger partial charge in [-0.25, -0.2) is 14.8 Å². The Morgan fingerprint density at radius 3 is 2.62 bits per heavy atom. The summed E-state index contributed by atoms with van der Waals surface area (Å²) in [5.41, 5.74) is 1.52. The van der Waals surface area contributed by atoms with Crippen molar-refractivity contribution in [2.24, 2.45) is 0 Å². The number of fused-ring (bicyclic) bond motifs is 1. The number of rotatable bonds is 3. The summed E-state index contributed by atoms with van der Waals surface area (Å²) in [6.07, 6.45) is 1.56. The van der Waals surface area contributed by atoms with Crippen molar-refractivity contribution in [3.63, 3.8) is 0 Å². The van der Waals surface area contributed by atoms with E-state index in [1.54, 1.807) is 6.20 Å². The topological polar surface area (TPSA) is 76.7 Å². The number of benzene rings is 1. The van der Waals surface area contributed by atoms with Crippen LogP contribution in [-0.2, 0) is 0 Å². The normalized spacial score (nSPS) is 10.8. The average Bonchev–Trinajstić information content (AvgIpc) is 2.86. The highest BCUT2D eigenvalue weighted by molar-refractivity contribution is 9.10. The minimum Gasteiger partial charge on any atom is -0.478 e. The largest absolute Gasteiger partial charge is 0.478 e. The number of aromatic carboxylic acids is 1.